The Balaban J connectivity index is 1.91. The number of nitrogens with one attached hydrogen (secondary N) is 1. The van der Waals surface area contributed by atoms with E-state index in [1.165, 1.54) is 24.3 Å². The van der Waals surface area contributed by atoms with E-state index in [1.807, 2.05) is 17.5 Å². The number of carbonyl (C=O) groups excluding carboxylic acids is 1. The average Bonchev–Trinajstić information content (AvgIpc) is 2.89. The summed E-state index contributed by atoms with van der Waals surface area (Å²) in [5.41, 5.74) is 0.550. The summed E-state index contributed by atoms with van der Waals surface area (Å²) in [4.78, 5) is 12.9. The second-order valence-electron chi connectivity index (χ2n) is 4.20. The zero-order valence-electron chi connectivity index (χ0n) is 10.6. The van der Waals surface area contributed by atoms with Gasteiger partial charge in [-0.05, 0) is 42.1 Å². The topological polar surface area (TPSA) is 89.3 Å². The first-order valence-corrected chi connectivity index (χ1v) is 8.33. The first-order chi connectivity index (χ1) is 9.45. The molecule has 0 radical (unpaired) electrons. The Morgan fingerprint density at radius 3 is 2.45 bits per heavy atom. The molecule has 2 rings (SSSR count). The van der Waals surface area contributed by atoms with Gasteiger partial charge in [0.2, 0.25) is 15.9 Å². The van der Waals surface area contributed by atoms with E-state index in [2.05, 4.69) is 5.32 Å². The molecule has 0 spiro atoms. The fourth-order valence-corrected chi connectivity index (χ4v) is 2.87. The zero-order chi connectivity index (χ0) is 14.6. The summed E-state index contributed by atoms with van der Waals surface area (Å²) >= 11 is 1.62. The number of anilines is 1. The third-order valence-electron chi connectivity index (χ3n) is 2.65. The van der Waals surface area contributed by atoms with Gasteiger partial charge in [0, 0.05) is 17.0 Å². The highest BCUT2D eigenvalue weighted by Crippen LogP contribution is 2.14. The van der Waals surface area contributed by atoms with Crippen molar-refractivity contribution in [3.05, 3.63) is 46.7 Å². The van der Waals surface area contributed by atoms with Crippen molar-refractivity contribution in [2.24, 2.45) is 5.14 Å². The van der Waals surface area contributed by atoms with Gasteiger partial charge in [0.25, 0.3) is 0 Å². The minimum Gasteiger partial charge on any atom is -0.326 e. The summed E-state index contributed by atoms with van der Waals surface area (Å²) in [5, 5.41) is 9.68. The molecule has 1 aromatic carbocycles. The molecular formula is C13H14N2O3S2. The van der Waals surface area contributed by atoms with Gasteiger partial charge in [-0.2, -0.15) is 0 Å². The van der Waals surface area contributed by atoms with Gasteiger partial charge >= 0.3 is 0 Å². The van der Waals surface area contributed by atoms with Crippen LogP contribution < -0.4 is 10.5 Å². The van der Waals surface area contributed by atoms with Crippen LogP contribution in [0.15, 0.2) is 46.7 Å². The maximum absolute atomic E-state index is 11.7. The summed E-state index contributed by atoms with van der Waals surface area (Å²) in [5.74, 6) is -0.109. The van der Waals surface area contributed by atoms with Crippen LogP contribution in [0.5, 0.6) is 0 Å². The third kappa shape index (κ3) is 4.16. The summed E-state index contributed by atoms with van der Waals surface area (Å²) < 4.78 is 22.2. The Morgan fingerprint density at radius 1 is 1.20 bits per heavy atom. The molecule has 0 fully saturated rings. The van der Waals surface area contributed by atoms with Crippen LogP contribution in [0.2, 0.25) is 0 Å². The molecule has 1 aromatic heterocycles. The van der Waals surface area contributed by atoms with Crippen LogP contribution in [0.1, 0.15) is 11.3 Å². The number of thiophene rings is 1. The maximum atomic E-state index is 11.7. The van der Waals surface area contributed by atoms with Crippen LogP contribution in [-0.4, -0.2) is 14.3 Å². The first-order valence-electron chi connectivity index (χ1n) is 5.90. The molecule has 7 heteroatoms. The largest absolute Gasteiger partial charge is 0.326 e. The molecule has 0 aliphatic carbocycles. The van der Waals surface area contributed by atoms with Crippen LogP contribution in [0.3, 0.4) is 0 Å². The van der Waals surface area contributed by atoms with E-state index < -0.39 is 10.0 Å². The second kappa shape index (κ2) is 6.17. The molecule has 2 aromatic rings. The fraction of sp³-hybridized carbons (Fsp3) is 0.154. The Hall–Kier alpha value is -1.70. The number of benzene rings is 1. The average molecular weight is 310 g/mol. The van der Waals surface area contributed by atoms with Crippen molar-refractivity contribution in [1.82, 2.24) is 0 Å². The summed E-state index contributed by atoms with van der Waals surface area (Å²) in [7, 11) is -3.70. The number of hydrogen-bond donors (Lipinski definition) is 2. The number of primary sulfonamides is 1. The molecule has 1 heterocycles. The molecule has 0 aliphatic heterocycles. The Bertz CT molecular complexity index is 677. The van der Waals surface area contributed by atoms with Crippen molar-refractivity contribution >= 4 is 33.0 Å². The van der Waals surface area contributed by atoms with Gasteiger partial charge in [-0.3, -0.25) is 4.79 Å². The van der Waals surface area contributed by atoms with Crippen LogP contribution in [0, 0.1) is 0 Å². The number of hydrogen-bond acceptors (Lipinski definition) is 4. The van der Waals surface area contributed by atoms with Crippen molar-refractivity contribution in [2.45, 2.75) is 17.7 Å². The van der Waals surface area contributed by atoms with Crippen LogP contribution in [-0.2, 0) is 21.2 Å². The number of amides is 1. The van der Waals surface area contributed by atoms with Gasteiger partial charge in [-0.1, -0.05) is 6.07 Å². The maximum Gasteiger partial charge on any atom is 0.238 e. The minimum absolute atomic E-state index is 0.0223. The molecule has 0 saturated carbocycles. The smallest absolute Gasteiger partial charge is 0.238 e. The highest BCUT2D eigenvalue weighted by molar-refractivity contribution is 7.89. The zero-order valence-corrected chi connectivity index (χ0v) is 12.2. The predicted octanol–water partition coefficient (Wildman–Crippen LogP) is 1.97. The van der Waals surface area contributed by atoms with Crippen molar-refractivity contribution in [2.75, 3.05) is 5.32 Å². The molecule has 5 nitrogen and oxygen atoms in total. The Morgan fingerprint density at radius 2 is 1.90 bits per heavy atom. The van der Waals surface area contributed by atoms with Gasteiger partial charge in [0.05, 0.1) is 4.90 Å². The van der Waals surface area contributed by atoms with E-state index in [4.69, 9.17) is 5.14 Å². The van der Waals surface area contributed by atoms with Gasteiger partial charge in [-0.15, -0.1) is 11.3 Å². The van der Waals surface area contributed by atoms with Gasteiger partial charge < -0.3 is 5.32 Å². The summed E-state index contributed by atoms with van der Waals surface area (Å²) in [6, 6.07) is 9.70. The Kier molecular flexibility index (Phi) is 4.53. The van der Waals surface area contributed by atoms with Crippen molar-refractivity contribution in [3.8, 4) is 0 Å². The normalized spacial score (nSPS) is 11.2. The highest BCUT2D eigenvalue weighted by Gasteiger charge is 2.08. The highest BCUT2D eigenvalue weighted by atomic mass is 32.2. The van der Waals surface area contributed by atoms with Gasteiger partial charge in [0.15, 0.2) is 0 Å². The van der Waals surface area contributed by atoms with Crippen LogP contribution in [0.4, 0.5) is 5.69 Å². The van der Waals surface area contributed by atoms with Crippen LogP contribution >= 0.6 is 11.3 Å². The molecule has 20 heavy (non-hydrogen) atoms. The fourth-order valence-electron chi connectivity index (χ4n) is 1.64. The summed E-state index contributed by atoms with van der Waals surface area (Å²) in [6.45, 7) is 0. The van der Waals surface area contributed by atoms with E-state index >= 15 is 0 Å². The lowest BCUT2D eigenvalue weighted by Crippen LogP contribution is -2.14. The van der Waals surface area contributed by atoms with E-state index in [9.17, 15) is 13.2 Å². The standard InChI is InChI=1S/C13H14N2O3S2/c14-20(17,18)12-6-3-10(4-7-12)15-13(16)8-5-11-2-1-9-19-11/h1-4,6-7,9H,5,8H2,(H,15,16)(H2,14,17,18). The molecule has 0 atom stereocenters. The molecule has 0 saturated heterocycles. The van der Waals surface area contributed by atoms with Gasteiger partial charge in [-0.25, -0.2) is 13.6 Å². The molecular weight excluding hydrogens is 296 g/mol. The number of carbonyl (C=O) groups is 1. The van der Waals surface area contributed by atoms with E-state index in [1.54, 1.807) is 11.3 Å². The van der Waals surface area contributed by atoms with E-state index in [0.29, 0.717) is 18.5 Å². The lowest BCUT2D eigenvalue weighted by Gasteiger charge is -2.05. The van der Waals surface area contributed by atoms with Crippen molar-refractivity contribution in [3.63, 3.8) is 0 Å². The van der Waals surface area contributed by atoms with E-state index in [0.717, 1.165) is 4.88 Å². The molecule has 1 amide bonds. The number of sulfonamides is 1. The number of aryl methyl sites for hydroxylation is 1. The first kappa shape index (κ1) is 14.7. The lowest BCUT2D eigenvalue weighted by atomic mass is 10.2. The SMILES string of the molecule is NS(=O)(=O)c1ccc(NC(=O)CCc2cccs2)cc1. The molecule has 0 aliphatic rings. The molecule has 106 valence electrons. The summed E-state index contributed by atoms with van der Waals surface area (Å²) in [6.07, 6.45) is 1.08. The predicted molar refractivity (Wildman–Crippen MR) is 79.1 cm³/mol. The Labute approximate surface area is 121 Å². The third-order valence-corrected chi connectivity index (χ3v) is 4.51. The number of rotatable bonds is 5. The van der Waals surface area contributed by atoms with Gasteiger partial charge in [0.1, 0.15) is 0 Å². The monoisotopic (exact) mass is 310 g/mol. The minimum atomic E-state index is -3.70. The number of nitrogens with two attached hydrogens (primary N) is 1. The quantitative estimate of drug-likeness (QED) is 0.884. The van der Waals surface area contributed by atoms with Crippen molar-refractivity contribution in [1.29, 1.82) is 0 Å². The second-order valence-corrected chi connectivity index (χ2v) is 6.79. The lowest BCUT2D eigenvalue weighted by molar-refractivity contribution is -0.116. The molecule has 3 N–H and O–H groups in total. The van der Waals surface area contributed by atoms with Crippen molar-refractivity contribution < 1.29 is 13.2 Å². The van der Waals surface area contributed by atoms with E-state index in [-0.39, 0.29) is 10.8 Å². The molecule has 0 unspecified atom stereocenters. The molecule has 0 bridgehead atoms. The van der Waals surface area contributed by atoms with Crippen LogP contribution in [0.25, 0.3) is 0 Å².